The summed E-state index contributed by atoms with van der Waals surface area (Å²) in [7, 11) is 1.65. The van der Waals surface area contributed by atoms with E-state index in [9.17, 15) is 13.2 Å². The van der Waals surface area contributed by atoms with Crippen molar-refractivity contribution in [2.45, 2.75) is 26.3 Å². The lowest BCUT2D eigenvalue weighted by atomic mass is 10.1. The van der Waals surface area contributed by atoms with Gasteiger partial charge in [-0.3, -0.25) is 0 Å². The Labute approximate surface area is 155 Å². The minimum atomic E-state index is -4.67. The Hall–Kier alpha value is -2.67. The highest BCUT2D eigenvalue weighted by atomic mass is 19.4. The fourth-order valence-corrected chi connectivity index (χ4v) is 3.07. The van der Waals surface area contributed by atoms with Crippen molar-refractivity contribution in [1.29, 1.82) is 0 Å². The Bertz CT molecular complexity index is 902. The first kappa shape index (κ1) is 19.1. The van der Waals surface area contributed by atoms with E-state index in [0.717, 1.165) is 40.9 Å². The summed E-state index contributed by atoms with van der Waals surface area (Å²) in [6.07, 6.45) is -3.84. The van der Waals surface area contributed by atoms with Crippen LogP contribution in [0.25, 0.3) is 10.9 Å². The van der Waals surface area contributed by atoms with E-state index in [1.807, 2.05) is 25.1 Å². The number of alkyl halides is 3. The number of H-pyrrole nitrogens is 1. The average Bonchev–Trinajstić information content (AvgIpc) is 2.93. The number of methoxy groups -OCH3 is 1. The van der Waals surface area contributed by atoms with Crippen LogP contribution in [0.3, 0.4) is 0 Å². The predicted molar refractivity (Wildman–Crippen MR) is 98.1 cm³/mol. The minimum Gasteiger partial charge on any atom is -0.497 e. The minimum absolute atomic E-state index is 0.213. The Kier molecular flexibility index (Phi) is 5.60. The number of aryl methyl sites for hydroxylation is 1. The molecule has 0 aliphatic heterocycles. The molecular weight excluding hydrogens is 357 g/mol. The van der Waals surface area contributed by atoms with Gasteiger partial charge in [-0.1, -0.05) is 12.1 Å². The van der Waals surface area contributed by atoms with Crippen molar-refractivity contribution in [2.75, 3.05) is 13.7 Å². The van der Waals surface area contributed by atoms with Gasteiger partial charge in [0.15, 0.2) is 0 Å². The number of aromatic amines is 1. The molecule has 0 bridgehead atoms. The average molecular weight is 378 g/mol. The Morgan fingerprint density at radius 2 is 1.74 bits per heavy atom. The van der Waals surface area contributed by atoms with Gasteiger partial charge in [-0.15, -0.1) is 13.2 Å². The van der Waals surface area contributed by atoms with E-state index >= 15 is 0 Å². The molecule has 0 saturated carbocycles. The number of ether oxygens (including phenoxy) is 2. The van der Waals surface area contributed by atoms with Gasteiger partial charge in [-0.05, 0) is 61.3 Å². The van der Waals surface area contributed by atoms with E-state index < -0.39 is 6.36 Å². The third-order valence-corrected chi connectivity index (χ3v) is 4.36. The number of aromatic nitrogens is 1. The van der Waals surface area contributed by atoms with Gasteiger partial charge in [0.05, 0.1) is 7.11 Å². The SMILES string of the molecule is COc1ccc2[nH]c(C)c(CCNCc3ccc(OC(F)(F)F)cc3)c2c1. The second-order valence-corrected chi connectivity index (χ2v) is 6.26. The zero-order valence-electron chi connectivity index (χ0n) is 15.1. The number of rotatable bonds is 7. The van der Waals surface area contributed by atoms with Crippen molar-refractivity contribution in [3.05, 3.63) is 59.3 Å². The molecule has 7 heteroatoms. The summed E-state index contributed by atoms with van der Waals surface area (Å²) in [5, 5.41) is 4.46. The maximum absolute atomic E-state index is 12.2. The molecule has 2 aromatic carbocycles. The Balaban J connectivity index is 1.56. The number of hydrogen-bond acceptors (Lipinski definition) is 3. The molecule has 2 N–H and O–H groups in total. The second-order valence-electron chi connectivity index (χ2n) is 6.26. The van der Waals surface area contributed by atoms with E-state index in [2.05, 4.69) is 15.0 Å². The molecule has 0 atom stereocenters. The summed E-state index contributed by atoms with van der Waals surface area (Å²) in [6.45, 7) is 3.35. The molecular formula is C20H21F3N2O2. The summed E-state index contributed by atoms with van der Waals surface area (Å²) < 4.78 is 45.7. The molecule has 3 aromatic rings. The van der Waals surface area contributed by atoms with E-state index in [4.69, 9.17) is 4.74 Å². The maximum atomic E-state index is 12.2. The van der Waals surface area contributed by atoms with Crippen LogP contribution in [-0.2, 0) is 13.0 Å². The zero-order chi connectivity index (χ0) is 19.4. The fourth-order valence-electron chi connectivity index (χ4n) is 3.07. The van der Waals surface area contributed by atoms with Crippen molar-refractivity contribution < 1.29 is 22.6 Å². The highest BCUT2D eigenvalue weighted by Gasteiger charge is 2.30. The van der Waals surface area contributed by atoms with Crippen molar-refractivity contribution >= 4 is 10.9 Å². The summed E-state index contributed by atoms with van der Waals surface area (Å²) >= 11 is 0. The lowest BCUT2D eigenvalue weighted by Crippen LogP contribution is -2.18. The van der Waals surface area contributed by atoms with Gasteiger partial charge >= 0.3 is 6.36 Å². The summed E-state index contributed by atoms with van der Waals surface area (Å²) in [5.74, 6) is 0.603. The van der Waals surface area contributed by atoms with E-state index in [-0.39, 0.29) is 5.75 Å². The van der Waals surface area contributed by atoms with E-state index in [1.165, 1.54) is 17.7 Å². The van der Waals surface area contributed by atoms with Gasteiger partial charge in [0.25, 0.3) is 0 Å². The molecule has 0 spiro atoms. The molecule has 1 aromatic heterocycles. The lowest BCUT2D eigenvalue weighted by Gasteiger charge is -2.10. The standard InChI is InChI=1S/C20H21F3N2O2/c1-13-17(18-11-16(26-2)7-8-19(18)25-13)9-10-24-12-14-3-5-15(6-4-14)27-20(21,22)23/h3-8,11,24-25H,9-10,12H2,1-2H3. The van der Waals surface area contributed by atoms with Crippen molar-refractivity contribution in [1.82, 2.24) is 10.3 Å². The monoisotopic (exact) mass is 378 g/mol. The summed E-state index contributed by atoms with van der Waals surface area (Å²) in [4.78, 5) is 3.37. The number of benzene rings is 2. The Morgan fingerprint density at radius 1 is 1.04 bits per heavy atom. The van der Waals surface area contributed by atoms with Crippen LogP contribution in [0.2, 0.25) is 0 Å². The van der Waals surface area contributed by atoms with Crippen molar-refractivity contribution in [3.8, 4) is 11.5 Å². The van der Waals surface area contributed by atoms with Crippen LogP contribution in [0.15, 0.2) is 42.5 Å². The maximum Gasteiger partial charge on any atom is 0.573 e. The number of halogens is 3. The first-order valence-corrected chi connectivity index (χ1v) is 8.56. The van der Waals surface area contributed by atoms with Crippen LogP contribution in [0, 0.1) is 6.92 Å². The van der Waals surface area contributed by atoms with Crippen molar-refractivity contribution in [2.24, 2.45) is 0 Å². The quantitative estimate of drug-likeness (QED) is 0.585. The molecule has 0 amide bonds. The Morgan fingerprint density at radius 3 is 2.41 bits per heavy atom. The smallest absolute Gasteiger partial charge is 0.497 e. The van der Waals surface area contributed by atoms with Gasteiger partial charge in [0.2, 0.25) is 0 Å². The van der Waals surface area contributed by atoms with E-state index in [0.29, 0.717) is 6.54 Å². The molecule has 0 aliphatic rings. The number of hydrogen-bond donors (Lipinski definition) is 2. The first-order valence-electron chi connectivity index (χ1n) is 8.56. The van der Waals surface area contributed by atoms with Crippen LogP contribution in [0.5, 0.6) is 11.5 Å². The highest BCUT2D eigenvalue weighted by molar-refractivity contribution is 5.86. The molecule has 4 nitrogen and oxygen atoms in total. The topological polar surface area (TPSA) is 46.3 Å². The fraction of sp³-hybridized carbons (Fsp3) is 0.300. The largest absolute Gasteiger partial charge is 0.573 e. The molecule has 1 heterocycles. The van der Waals surface area contributed by atoms with Gasteiger partial charge < -0.3 is 19.8 Å². The molecule has 0 fully saturated rings. The number of nitrogens with one attached hydrogen (secondary N) is 2. The van der Waals surface area contributed by atoms with Gasteiger partial charge in [0, 0.05) is 23.1 Å². The molecule has 144 valence electrons. The van der Waals surface area contributed by atoms with Crippen LogP contribution in [-0.4, -0.2) is 25.0 Å². The molecule has 27 heavy (non-hydrogen) atoms. The lowest BCUT2D eigenvalue weighted by molar-refractivity contribution is -0.274. The molecule has 0 radical (unpaired) electrons. The van der Waals surface area contributed by atoms with E-state index in [1.54, 1.807) is 19.2 Å². The van der Waals surface area contributed by atoms with Crippen LogP contribution >= 0.6 is 0 Å². The highest BCUT2D eigenvalue weighted by Crippen LogP contribution is 2.26. The first-order chi connectivity index (χ1) is 12.9. The molecule has 0 aliphatic carbocycles. The van der Waals surface area contributed by atoms with Crippen LogP contribution < -0.4 is 14.8 Å². The third kappa shape index (κ3) is 4.95. The van der Waals surface area contributed by atoms with Crippen molar-refractivity contribution in [3.63, 3.8) is 0 Å². The summed E-state index contributed by atoms with van der Waals surface area (Å²) in [5.41, 5.74) is 4.31. The molecule has 0 saturated heterocycles. The van der Waals surface area contributed by atoms with Crippen LogP contribution in [0.4, 0.5) is 13.2 Å². The normalized spacial score (nSPS) is 11.7. The third-order valence-electron chi connectivity index (χ3n) is 4.36. The molecule has 0 unspecified atom stereocenters. The zero-order valence-corrected chi connectivity index (χ0v) is 15.1. The molecule has 3 rings (SSSR count). The van der Waals surface area contributed by atoms with Gasteiger partial charge in [-0.25, -0.2) is 0 Å². The second kappa shape index (κ2) is 7.92. The predicted octanol–water partition coefficient (Wildman–Crippen LogP) is 4.72. The number of fused-ring (bicyclic) bond motifs is 1. The van der Waals surface area contributed by atoms with Gasteiger partial charge in [-0.2, -0.15) is 0 Å². The van der Waals surface area contributed by atoms with Gasteiger partial charge in [0.1, 0.15) is 11.5 Å². The van der Waals surface area contributed by atoms with Crippen LogP contribution in [0.1, 0.15) is 16.8 Å². The summed E-state index contributed by atoms with van der Waals surface area (Å²) in [6, 6.07) is 11.8.